The maximum absolute atomic E-state index is 11.7. The maximum atomic E-state index is 11.7. The van der Waals surface area contributed by atoms with Gasteiger partial charge in [0.25, 0.3) is 0 Å². The Morgan fingerprint density at radius 2 is 2.06 bits per heavy atom. The molecule has 0 heterocycles. The van der Waals surface area contributed by atoms with Crippen molar-refractivity contribution in [1.29, 1.82) is 0 Å². The Balaban J connectivity index is 2.90. The van der Waals surface area contributed by atoms with E-state index in [2.05, 4.69) is 18.5 Å². The number of ether oxygens (including phenoxy) is 2. The highest BCUT2D eigenvalue weighted by molar-refractivity contribution is 5.90. The first-order chi connectivity index (χ1) is 8.72. The van der Waals surface area contributed by atoms with Gasteiger partial charge in [-0.2, -0.15) is 0 Å². The van der Waals surface area contributed by atoms with Crippen LogP contribution in [0.15, 0.2) is 43.5 Å². The summed E-state index contributed by atoms with van der Waals surface area (Å²) in [6, 6.07) is 5.09. The predicted octanol–water partition coefficient (Wildman–Crippen LogP) is 2.64. The summed E-state index contributed by atoms with van der Waals surface area (Å²) in [6.07, 6.45) is 3.16. The van der Waals surface area contributed by atoms with E-state index < -0.39 is 5.97 Å². The van der Waals surface area contributed by atoms with Crippen LogP contribution in [0.25, 0.3) is 0 Å². The van der Waals surface area contributed by atoms with Crippen LogP contribution in [0.3, 0.4) is 0 Å². The Bertz CT molecular complexity index is 441. The highest BCUT2D eigenvalue weighted by atomic mass is 16.5. The van der Waals surface area contributed by atoms with Crippen LogP contribution < -0.4 is 10.1 Å². The first-order valence-corrected chi connectivity index (χ1v) is 5.56. The van der Waals surface area contributed by atoms with Crippen molar-refractivity contribution in [3.63, 3.8) is 0 Å². The minimum Gasteiger partial charge on any atom is -0.487 e. The van der Waals surface area contributed by atoms with Gasteiger partial charge in [0.1, 0.15) is 19.0 Å². The van der Waals surface area contributed by atoms with Crippen molar-refractivity contribution in [2.24, 2.45) is 0 Å². The number of nitrogens with one attached hydrogen (secondary N) is 1. The zero-order valence-corrected chi connectivity index (χ0v) is 10.4. The molecule has 1 aromatic carbocycles. The SMILES string of the molecule is C=CCOC(=O)c1ccc(NC)c(OCC=C)c1. The van der Waals surface area contributed by atoms with Gasteiger partial charge in [0.15, 0.2) is 0 Å². The van der Waals surface area contributed by atoms with Crippen molar-refractivity contribution in [2.45, 2.75) is 0 Å². The van der Waals surface area contributed by atoms with Crippen molar-refractivity contribution >= 4 is 11.7 Å². The van der Waals surface area contributed by atoms with Gasteiger partial charge < -0.3 is 14.8 Å². The summed E-state index contributed by atoms with van der Waals surface area (Å²) in [5.74, 6) is 0.187. The number of esters is 1. The molecule has 0 aliphatic carbocycles. The average Bonchev–Trinajstić information content (AvgIpc) is 2.42. The monoisotopic (exact) mass is 247 g/mol. The van der Waals surface area contributed by atoms with Crippen LogP contribution in [0.1, 0.15) is 10.4 Å². The molecule has 4 heteroatoms. The molecule has 0 aromatic heterocycles. The normalized spacial score (nSPS) is 9.39. The molecule has 1 aromatic rings. The second-order valence-corrected chi connectivity index (χ2v) is 3.45. The Kier molecular flexibility index (Phi) is 5.51. The standard InChI is InChI=1S/C14H17NO3/c1-4-8-17-13-10-11(6-7-12(13)15-3)14(16)18-9-5-2/h4-7,10,15H,1-2,8-9H2,3H3. The number of benzene rings is 1. The van der Waals surface area contributed by atoms with Gasteiger partial charge in [-0.15, -0.1) is 0 Å². The summed E-state index contributed by atoms with van der Waals surface area (Å²) in [6.45, 7) is 7.63. The fourth-order valence-corrected chi connectivity index (χ4v) is 1.34. The van der Waals surface area contributed by atoms with E-state index in [0.717, 1.165) is 5.69 Å². The van der Waals surface area contributed by atoms with Gasteiger partial charge in [0.05, 0.1) is 11.3 Å². The van der Waals surface area contributed by atoms with Crippen LogP contribution in [0, 0.1) is 0 Å². The summed E-state index contributed by atoms with van der Waals surface area (Å²) in [5.41, 5.74) is 1.24. The molecule has 0 saturated heterocycles. The Labute approximate surface area is 107 Å². The van der Waals surface area contributed by atoms with Crippen molar-refractivity contribution in [2.75, 3.05) is 25.6 Å². The smallest absolute Gasteiger partial charge is 0.338 e. The van der Waals surface area contributed by atoms with Crippen LogP contribution in [0.5, 0.6) is 5.75 Å². The zero-order chi connectivity index (χ0) is 13.4. The average molecular weight is 247 g/mol. The second-order valence-electron chi connectivity index (χ2n) is 3.45. The number of anilines is 1. The third-order valence-electron chi connectivity index (χ3n) is 2.18. The quantitative estimate of drug-likeness (QED) is 0.594. The lowest BCUT2D eigenvalue weighted by molar-refractivity contribution is 0.0549. The lowest BCUT2D eigenvalue weighted by atomic mass is 10.2. The molecule has 0 amide bonds. The predicted molar refractivity (Wildman–Crippen MR) is 72.2 cm³/mol. The maximum Gasteiger partial charge on any atom is 0.338 e. The number of rotatable bonds is 7. The topological polar surface area (TPSA) is 47.6 Å². The third-order valence-corrected chi connectivity index (χ3v) is 2.18. The summed E-state index contributed by atoms with van der Waals surface area (Å²) in [7, 11) is 1.78. The third kappa shape index (κ3) is 3.66. The van der Waals surface area contributed by atoms with E-state index in [1.165, 1.54) is 6.08 Å². The van der Waals surface area contributed by atoms with Gasteiger partial charge in [-0.05, 0) is 18.2 Å². The van der Waals surface area contributed by atoms with Gasteiger partial charge in [-0.1, -0.05) is 25.3 Å². The molecule has 1 rings (SSSR count). The van der Waals surface area contributed by atoms with E-state index in [1.807, 2.05) is 0 Å². The van der Waals surface area contributed by atoms with Crippen LogP contribution in [0.4, 0.5) is 5.69 Å². The highest BCUT2D eigenvalue weighted by Gasteiger charge is 2.10. The van der Waals surface area contributed by atoms with Gasteiger partial charge in [-0.25, -0.2) is 4.79 Å². The minimum atomic E-state index is -0.402. The fourth-order valence-electron chi connectivity index (χ4n) is 1.34. The lowest BCUT2D eigenvalue weighted by Gasteiger charge is -2.11. The molecule has 18 heavy (non-hydrogen) atoms. The molecular formula is C14H17NO3. The Hall–Kier alpha value is -2.23. The van der Waals surface area contributed by atoms with E-state index in [4.69, 9.17) is 9.47 Å². The van der Waals surface area contributed by atoms with Gasteiger partial charge in [0.2, 0.25) is 0 Å². The number of carbonyl (C=O) groups is 1. The summed E-state index contributed by atoms with van der Waals surface area (Å²) < 4.78 is 10.4. The lowest BCUT2D eigenvalue weighted by Crippen LogP contribution is -2.06. The Morgan fingerprint density at radius 3 is 2.67 bits per heavy atom. The molecule has 0 saturated carbocycles. The number of hydrogen-bond donors (Lipinski definition) is 1. The molecule has 0 atom stereocenters. The number of carbonyl (C=O) groups excluding carboxylic acids is 1. The van der Waals surface area contributed by atoms with E-state index in [9.17, 15) is 4.79 Å². The molecule has 4 nitrogen and oxygen atoms in total. The van der Waals surface area contributed by atoms with Crippen molar-refractivity contribution in [3.05, 3.63) is 49.1 Å². The van der Waals surface area contributed by atoms with Crippen LogP contribution in [0.2, 0.25) is 0 Å². The summed E-state index contributed by atoms with van der Waals surface area (Å²) >= 11 is 0. The van der Waals surface area contributed by atoms with Gasteiger partial charge in [-0.3, -0.25) is 0 Å². The van der Waals surface area contributed by atoms with E-state index in [0.29, 0.717) is 17.9 Å². The first-order valence-electron chi connectivity index (χ1n) is 5.56. The summed E-state index contributed by atoms with van der Waals surface area (Å²) in [5, 5.41) is 2.99. The molecule has 0 spiro atoms. The molecule has 0 unspecified atom stereocenters. The molecule has 0 bridgehead atoms. The van der Waals surface area contributed by atoms with Crippen molar-refractivity contribution in [1.82, 2.24) is 0 Å². The van der Waals surface area contributed by atoms with E-state index in [-0.39, 0.29) is 6.61 Å². The van der Waals surface area contributed by atoms with Crippen molar-refractivity contribution < 1.29 is 14.3 Å². The second kappa shape index (κ2) is 7.17. The van der Waals surface area contributed by atoms with Crippen LogP contribution in [-0.2, 0) is 4.74 Å². The molecule has 0 radical (unpaired) electrons. The molecular weight excluding hydrogens is 230 g/mol. The van der Waals surface area contributed by atoms with E-state index >= 15 is 0 Å². The molecule has 0 aliphatic rings. The zero-order valence-electron chi connectivity index (χ0n) is 10.4. The highest BCUT2D eigenvalue weighted by Crippen LogP contribution is 2.25. The fraction of sp³-hybridized carbons (Fsp3) is 0.214. The molecule has 0 fully saturated rings. The number of hydrogen-bond acceptors (Lipinski definition) is 4. The Morgan fingerprint density at radius 1 is 1.33 bits per heavy atom. The minimum absolute atomic E-state index is 0.190. The first kappa shape index (κ1) is 13.8. The van der Waals surface area contributed by atoms with Crippen LogP contribution >= 0.6 is 0 Å². The van der Waals surface area contributed by atoms with Crippen LogP contribution in [-0.4, -0.2) is 26.2 Å². The van der Waals surface area contributed by atoms with Gasteiger partial charge in [0, 0.05) is 7.05 Å². The largest absolute Gasteiger partial charge is 0.487 e. The molecule has 0 aliphatic heterocycles. The molecule has 96 valence electrons. The van der Waals surface area contributed by atoms with E-state index in [1.54, 1.807) is 31.3 Å². The summed E-state index contributed by atoms with van der Waals surface area (Å²) in [4.78, 5) is 11.7. The molecule has 1 N–H and O–H groups in total. The van der Waals surface area contributed by atoms with Crippen molar-refractivity contribution in [3.8, 4) is 5.75 Å². The van der Waals surface area contributed by atoms with Gasteiger partial charge >= 0.3 is 5.97 Å².